The highest BCUT2D eigenvalue weighted by Gasteiger charge is 2.14. The van der Waals surface area contributed by atoms with Gasteiger partial charge in [-0.25, -0.2) is 8.78 Å². The topological polar surface area (TPSA) is 0 Å². The number of halogens is 2. The summed E-state index contributed by atoms with van der Waals surface area (Å²) in [5.41, 5.74) is 4.07. The second kappa shape index (κ2) is 6.47. The largest absolute Gasteiger partial charge is 0.206 e. The van der Waals surface area contributed by atoms with Gasteiger partial charge < -0.3 is 0 Å². The van der Waals surface area contributed by atoms with Gasteiger partial charge in [0.25, 0.3) is 0 Å². The second-order valence-electron chi connectivity index (χ2n) is 5.55. The summed E-state index contributed by atoms with van der Waals surface area (Å²) in [7, 11) is 3.43. The fourth-order valence-corrected chi connectivity index (χ4v) is 2.79. The fraction of sp³-hybridized carbons (Fsp3) is 0.100. The van der Waals surface area contributed by atoms with Gasteiger partial charge in [-0.3, -0.25) is 0 Å². The lowest BCUT2D eigenvalue weighted by molar-refractivity contribution is 0.590. The minimum atomic E-state index is -0.548. The average Bonchev–Trinajstić information content (AvgIpc) is 2.56. The summed E-state index contributed by atoms with van der Waals surface area (Å²) in [5.74, 6) is -1.10. The molecule has 0 spiro atoms. The van der Waals surface area contributed by atoms with E-state index in [1.807, 2.05) is 43.3 Å². The zero-order chi connectivity index (χ0) is 16.4. The third kappa shape index (κ3) is 3.25. The minimum absolute atomic E-state index is 0.0190. The molecule has 0 nitrogen and oxygen atoms in total. The highest BCUT2D eigenvalue weighted by atomic mass is 28.1. The maximum atomic E-state index is 14.5. The molecule has 0 N–H and O–H groups in total. The van der Waals surface area contributed by atoms with E-state index in [4.69, 9.17) is 0 Å². The molecule has 0 heterocycles. The monoisotopic (exact) mass is 321 g/mol. The minimum Gasteiger partial charge on any atom is -0.206 e. The Balaban J connectivity index is 2.04. The van der Waals surface area contributed by atoms with E-state index in [0.717, 1.165) is 22.7 Å². The van der Waals surface area contributed by atoms with E-state index in [2.05, 4.69) is 10.2 Å². The summed E-state index contributed by atoms with van der Waals surface area (Å²) < 4.78 is 29.0. The lowest BCUT2D eigenvalue weighted by atomic mass is 9.98. The van der Waals surface area contributed by atoms with Crippen LogP contribution in [0.2, 0.25) is 0 Å². The molecule has 3 radical (unpaired) electrons. The zero-order valence-electron chi connectivity index (χ0n) is 12.7. The normalized spacial score (nSPS) is 10.8. The van der Waals surface area contributed by atoms with E-state index in [-0.39, 0.29) is 5.56 Å². The molecule has 0 fully saturated rings. The molecule has 0 unspecified atom stereocenters. The van der Waals surface area contributed by atoms with Crippen LogP contribution in [-0.4, -0.2) is 10.2 Å². The first kappa shape index (κ1) is 15.6. The molecule has 0 aliphatic heterocycles. The Morgan fingerprint density at radius 1 is 0.739 bits per heavy atom. The number of hydrogen-bond donors (Lipinski definition) is 0. The summed E-state index contributed by atoms with van der Waals surface area (Å²) in [4.78, 5) is 0. The number of benzene rings is 3. The Morgan fingerprint density at radius 3 is 1.78 bits per heavy atom. The van der Waals surface area contributed by atoms with Gasteiger partial charge in [-0.2, -0.15) is 0 Å². The van der Waals surface area contributed by atoms with Gasteiger partial charge in [-0.05, 0) is 41.8 Å². The van der Waals surface area contributed by atoms with Gasteiger partial charge in [0, 0.05) is 10.2 Å². The number of aryl methyl sites for hydroxylation is 1. The third-order valence-corrected chi connectivity index (χ3v) is 4.28. The molecule has 113 valence electrons. The number of hydrogen-bond acceptors (Lipinski definition) is 0. The van der Waals surface area contributed by atoms with Gasteiger partial charge in [0.15, 0.2) is 0 Å². The van der Waals surface area contributed by atoms with Gasteiger partial charge in [0.2, 0.25) is 0 Å². The summed E-state index contributed by atoms with van der Waals surface area (Å²) in [6.45, 7) is 1.94. The smallest absolute Gasteiger partial charge is 0.134 e. The lowest BCUT2D eigenvalue weighted by Gasteiger charge is -2.10. The molecule has 0 amide bonds. The van der Waals surface area contributed by atoms with Crippen molar-refractivity contribution in [3.63, 3.8) is 0 Å². The van der Waals surface area contributed by atoms with E-state index in [0.29, 0.717) is 11.1 Å². The Morgan fingerprint density at radius 2 is 1.26 bits per heavy atom. The summed E-state index contributed by atoms with van der Waals surface area (Å²) in [6, 6.07) is 18.3. The van der Waals surface area contributed by atoms with Crippen molar-refractivity contribution in [2.45, 2.75) is 13.0 Å². The Kier molecular flexibility index (Phi) is 4.39. The van der Waals surface area contributed by atoms with Gasteiger partial charge >= 0.3 is 0 Å². The van der Waals surface area contributed by atoms with Crippen molar-refractivity contribution in [2.75, 3.05) is 0 Å². The van der Waals surface area contributed by atoms with Gasteiger partial charge in [0.05, 0.1) is 5.56 Å². The maximum absolute atomic E-state index is 14.5. The van der Waals surface area contributed by atoms with Crippen molar-refractivity contribution in [3.05, 3.63) is 83.4 Å². The standard InChI is InChI=1S/C20H15F2Si/c1-13-2-6-16(7-3-13)20-18(21)10-17(11-19(20)22)15-8-4-14(12-23)5-9-15/h2-11H,12H2,1H3. The molecule has 23 heavy (non-hydrogen) atoms. The lowest BCUT2D eigenvalue weighted by Crippen LogP contribution is -1.93. The van der Waals surface area contributed by atoms with Gasteiger partial charge in [-0.1, -0.05) is 59.7 Å². The van der Waals surface area contributed by atoms with Crippen molar-refractivity contribution in [1.82, 2.24) is 0 Å². The van der Waals surface area contributed by atoms with Gasteiger partial charge in [-0.15, -0.1) is 0 Å². The Labute approximate surface area is 138 Å². The molecular formula is C20H15F2Si. The Hall–Kier alpha value is -2.26. The molecule has 3 aromatic carbocycles. The van der Waals surface area contributed by atoms with E-state index in [1.165, 1.54) is 12.1 Å². The fourth-order valence-electron chi connectivity index (χ4n) is 2.55. The summed E-state index contributed by atoms with van der Waals surface area (Å²) in [5, 5.41) is 0. The van der Waals surface area contributed by atoms with Crippen molar-refractivity contribution in [3.8, 4) is 22.3 Å². The molecular weight excluding hydrogens is 306 g/mol. The van der Waals surface area contributed by atoms with Crippen LogP contribution in [-0.2, 0) is 6.04 Å². The number of rotatable bonds is 3. The van der Waals surface area contributed by atoms with Crippen LogP contribution in [0, 0.1) is 18.6 Å². The van der Waals surface area contributed by atoms with Crippen LogP contribution in [0.3, 0.4) is 0 Å². The van der Waals surface area contributed by atoms with Crippen LogP contribution < -0.4 is 0 Å². The highest BCUT2D eigenvalue weighted by molar-refractivity contribution is 6.08. The molecule has 3 heteroatoms. The first-order valence-electron chi connectivity index (χ1n) is 7.38. The Bertz CT molecular complexity index is 798. The molecule has 0 bridgehead atoms. The molecule has 3 rings (SSSR count). The van der Waals surface area contributed by atoms with Crippen LogP contribution in [0.5, 0.6) is 0 Å². The molecule has 0 aliphatic carbocycles. The maximum Gasteiger partial charge on any atom is 0.134 e. The molecule has 0 atom stereocenters. The zero-order valence-corrected chi connectivity index (χ0v) is 13.7. The quantitative estimate of drug-likeness (QED) is 0.576. The molecule has 0 aromatic heterocycles. The van der Waals surface area contributed by atoms with E-state index in [9.17, 15) is 8.78 Å². The average molecular weight is 321 g/mol. The molecule has 3 aromatic rings. The van der Waals surface area contributed by atoms with Crippen molar-refractivity contribution >= 4 is 10.2 Å². The van der Waals surface area contributed by atoms with Crippen LogP contribution in [0.25, 0.3) is 22.3 Å². The van der Waals surface area contributed by atoms with Crippen molar-refractivity contribution in [1.29, 1.82) is 0 Å². The predicted octanol–water partition coefficient (Wildman–Crippen LogP) is 5.28. The predicted molar refractivity (Wildman–Crippen MR) is 91.4 cm³/mol. The van der Waals surface area contributed by atoms with Crippen molar-refractivity contribution in [2.24, 2.45) is 0 Å². The third-order valence-electron chi connectivity index (χ3n) is 3.87. The van der Waals surface area contributed by atoms with Crippen LogP contribution in [0.1, 0.15) is 11.1 Å². The van der Waals surface area contributed by atoms with Crippen molar-refractivity contribution < 1.29 is 8.78 Å². The van der Waals surface area contributed by atoms with E-state index in [1.54, 1.807) is 12.1 Å². The molecule has 0 saturated heterocycles. The second-order valence-corrected chi connectivity index (χ2v) is 5.91. The first-order chi connectivity index (χ1) is 11.1. The molecule has 0 saturated carbocycles. The van der Waals surface area contributed by atoms with E-state index >= 15 is 0 Å². The van der Waals surface area contributed by atoms with Crippen LogP contribution in [0.15, 0.2) is 60.7 Å². The SMILES string of the molecule is Cc1ccc(-c2c(F)cc(-c3ccc(C[Si])cc3)cc2F)cc1. The summed E-state index contributed by atoms with van der Waals surface area (Å²) >= 11 is 0. The molecule has 0 aliphatic rings. The summed E-state index contributed by atoms with van der Waals surface area (Å²) in [6.07, 6.45) is 0. The van der Waals surface area contributed by atoms with Crippen LogP contribution >= 0.6 is 0 Å². The first-order valence-corrected chi connectivity index (χ1v) is 8.09. The van der Waals surface area contributed by atoms with Crippen LogP contribution in [0.4, 0.5) is 8.78 Å². The van der Waals surface area contributed by atoms with E-state index < -0.39 is 11.6 Å². The van der Waals surface area contributed by atoms with Gasteiger partial charge in [0.1, 0.15) is 11.6 Å². The highest BCUT2D eigenvalue weighted by Crippen LogP contribution is 2.31.